The normalized spacial score (nSPS) is 16.7. The third kappa shape index (κ3) is 4.17. The predicted octanol–water partition coefficient (Wildman–Crippen LogP) is 2.08. The number of carbonyl (C=O) groups is 1. The van der Waals surface area contributed by atoms with E-state index in [1.807, 2.05) is 11.4 Å². The SMILES string of the molecule is O=C(C[NH2+]Cc1ccc(F)cc1)N[C@@H]1CCCc2ccccc21. The van der Waals surface area contributed by atoms with Gasteiger partial charge in [-0.05, 0) is 42.5 Å². The molecule has 0 spiro atoms. The van der Waals surface area contributed by atoms with E-state index in [1.165, 1.54) is 23.3 Å². The number of halogens is 1. The quantitative estimate of drug-likeness (QED) is 0.872. The molecule has 3 rings (SSSR count). The molecule has 120 valence electrons. The largest absolute Gasteiger partial charge is 0.344 e. The van der Waals surface area contributed by atoms with E-state index in [1.54, 1.807) is 12.1 Å². The van der Waals surface area contributed by atoms with Gasteiger partial charge in [0.1, 0.15) is 12.4 Å². The van der Waals surface area contributed by atoms with Crippen LogP contribution in [0.3, 0.4) is 0 Å². The van der Waals surface area contributed by atoms with Gasteiger partial charge in [0.25, 0.3) is 5.91 Å². The van der Waals surface area contributed by atoms with E-state index < -0.39 is 0 Å². The van der Waals surface area contributed by atoms with Crippen LogP contribution in [0.2, 0.25) is 0 Å². The van der Waals surface area contributed by atoms with Crippen LogP contribution in [-0.4, -0.2) is 12.5 Å². The van der Waals surface area contributed by atoms with Gasteiger partial charge in [-0.3, -0.25) is 4.79 Å². The Balaban J connectivity index is 1.49. The summed E-state index contributed by atoms with van der Waals surface area (Å²) in [6.07, 6.45) is 3.21. The molecule has 2 aromatic carbocycles. The molecular formula is C19H22FN2O+. The fourth-order valence-corrected chi connectivity index (χ4v) is 3.15. The van der Waals surface area contributed by atoms with Gasteiger partial charge in [-0.25, -0.2) is 4.39 Å². The van der Waals surface area contributed by atoms with Gasteiger partial charge >= 0.3 is 0 Å². The van der Waals surface area contributed by atoms with Gasteiger partial charge < -0.3 is 10.6 Å². The zero-order chi connectivity index (χ0) is 16.1. The van der Waals surface area contributed by atoms with Crippen LogP contribution in [0.25, 0.3) is 0 Å². The highest BCUT2D eigenvalue weighted by Crippen LogP contribution is 2.29. The second-order valence-electron chi connectivity index (χ2n) is 6.03. The Labute approximate surface area is 135 Å². The van der Waals surface area contributed by atoms with Gasteiger partial charge in [-0.1, -0.05) is 36.4 Å². The van der Waals surface area contributed by atoms with Crippen molar-refractivity contribution in [3.8, 4) is 0 Å². The van der Waals surface area contributed by atoms with Crippen molar-refractivity contribution in [2.75, 3.05) is 6.54 Å². The van der Waals surface area contributed by atoms with Crippen molar-refractivity contribution >= 4 is 5.91 Å². The Bertz CT molecular complexity index is 669. The Kier molecular flexibility index (Phi) is 5.03. The minimum absolute atomic E-state index is 0.0498. The Morgan fingerprint density at radius 2 is 1.96 bits per heavy atom. The second kappa shape index (κ2) is 7.38. The first kappa shape index (κ1) is 15.7. The molecule has 0 saturated carbocycles. The zero-order valence-corrected chi connectivity index (χ0v) is 13.1. The Hall–Kier alpha value is -2.20. The number of rotatable bonds is 5. The minimum Gasteiger partial charge on any atom is -0.344 e. The molecule has 0 heterocycles. The van der Waals surface area contributed by atoms with Crippen LogP contribution in [0.5, 0.6) is 0 Å². The predicted molar refractivity (Wildman–Crippen MR) is 87.2 cm³/mol. The van der Waals surface area contributed by atoms with Gasteiger partial charge in [0.15, 0.2) is 6.54 Å². The van der Waals surface area contributed by atoms with E-state index in [-0.39, 0.29) is 17.8 Å². The van der Waals surface area contributed by atoms with Gasteiger partial charge in [0.2, 0.25) is 0 Å². The first-order valence-electron chi connectivity index (χ1n) is 8.15. The Morgan fingerprint density at radius 1 is 1.17 bits per heavy atom. The molecule has 1 atom stereocenters. The maximum absolute atomic E-state index is 12.8. The smallest absolute Gasteiger partial charge is 0.275 e. The van der Waals surface area contributed by atoms with Crippen molar-refractivity contribution in [3.05, 3.63) is 71.0 Å². The van der Waals surface area contributed by atoms with Crippen molar-refractivity contribution in [2.45, 2.75) is 31.8 Å². The number of amides is 1. The van der Waals surface area contributed by atoms with E-state index >= 15 is 0 Å². The van der Waals surface area contributed by atoms with E-state index in [4.69, 9.17) is 0 Å². The number of hydrogen-bond donors (Lipinski definition) is 2. The highest BCUT2D eigenvalue weighted by molar-refractivity contribution is 5.77. The van der Waals surface area contributed by atoms with E-state index in [0.29, 0.717) is 13.1 Å². The molecule has 0 aliphatic heterocycles. The molecule has 1 amide bonds. The number of hydrogen-bond acceptors (Lipinski definition) is 1. The number of quaternary nitrogens is 1. The summed E-state index contributed by atoms with van der Waals surface area (Å²) in [5.41, 5.74) is 3.62. The van der Waals surface area contributed by atoms with Crippen molar-refractivity contribution in [1.82, 2.24) is 5.32 Å². The van der Waals surface area contributed by atoms with Crippen molar-refractivity contribution in [3.63, 3.8) is 0 Å². The lowest BCUT2D eigenvalue weighted by Gasteiger charge is -2.26. The summed E-state index contributed by atoms with van der Waals surface area (Å²) in [7, 11) is 0. The molecule has 3 N–H and O–H groups in total. The zero-order valence-electron chi connectivity index (χ0n) is 13.1. The molecule has 0 radical (unpaired) electrons. The minimum atomic E-state index is -0.234. The van der Waals surface area contributed by atoms with Crippen LogP contribution in [0.15, 0.2) is 48.5 Å². The summed E-state index contributed by atoms with van der Waals surface area (Å²) < 4.78 is 12.8. The molecule has 0 bridgehead atoms. The second-order valence-corrected chi connectivity index (χ2v) is 6.03. The van der Waals surface area contributed by atoms with Crippen molar-refractivity contribution < 1.29 is 14.5 Å². The molecule has 23 heavy (non-hydrogen) atoms. The molecule has 1 aliphatic rings. The highest BCUT2D eigenvalue weighted by atomic mass is 19.1. The standard InChI is InChI=1S/C19H21FN2O/c20-16-10-8-14(9-11-16)12-21-13-19(23)22-18-7-3-5-15-4-1-2-6-17(15)18/h1-2,4,6,8-11,18,21H,3,5,7,12-13H2,(H,22,23)/p+1/t18-/m1/s1. The molecule has 0 saturated heterocycles. The monoisotopic (exact) mass is 313 g/mol. The fourth-order valence-electron chi connectivity index (χ4n) is 3.15. The van der Waals surface area contributed by atoms with Gasteiger partial charge in [-0.15, -0.1) is 0 Å². The van der Waals surface area contributed by atoms with Crippen molar-refractivity contribution in [1.29, 1.82) is 0 Å². The maximum Gasteiger partial charge on any atom is 0.275 e. The Morgan fingerprint density at radius 3 is 2.78 bits per heavy atom. The number of nitrogens with one attached hydrogen (secondary N) is 1. The lowest BCUT2D eigenvalue weighted by atomic mass is 9.88. The first-order valence-corrected chi connectivity index (χ1v) is 8.15. The number of carbonyl (C=O) groups excluding carboxylic acids is 1. The van der Waals surface area contributed by atoms with E-state index in [9.17, 15) is 9.18 Å². The summed E-state index contributed by atoms with van der Waals surface area (Å²) >= 11 is 0. The molecule has 4 heteroatoms. The van der Waals surface area contributed by atoms with E-state index in [2.05, 4.69) is 23.5 Å². The first-order chi connectivity index (χ1) is 11.2. The van der Waals surface area contributed by atoms with Crippen LogP contribution in [-0.2, 0) is 17.8 Å². The van der Waals surface area contributed by atoms with Gasteiger partial charge in [0, 0.05) is 5.56 Å². The summed E-state index contributed by atoms with van der Waals surface area (Å²) in [5.74, 6) is -0.184. The molecule has 0 aromatic heterocycles. The number of benzene rings is 2. The highest BCUT2D eigenvalue weighted by Gasteiger charge is 2.21. The van der Waals surface area contributed by atoms with Gasteiger partial charge in [-0.2, -0.15) is 0 Å². The summed E-state index contributed by atoms with van der Waals surface area (Å²) in [6.45, 7) is 1.06. The maximum atomic E-state index is 12.8. The van der Waals surface area contributed by atoms with Crippen LogP contribution in [0, 0.1) is 5.82 Å². The number of fused-ring (bicyclic) bond motifs is 1. The lowest BCUT2D eigenvalue weighted by molar-refractivity contribution is -0.660. The van der Waals surface area contributed by atoms with Crippen LogP contribution >= 0.6 is 0 Å². The van der Waals surface area contributed by atoms with E-state index in [0.717, 1.165) is 24.8 Å². The van der Waals surface area contributed by atoms with Crippen LogP contribution < -0.4 is 10.6 Å². The molecule has 0 fully saturated rings. The third-order valence-electron chi connectivity index (χ3n) is 4.33. The molecule has 2 aromatic rings. The molecule has 1 aliphatic carbocycles. The number of aryl methyl sites for hydroxylation is 1. The third-order valence-corrected chi connectivity index (χ3v) is 4.33. The van der Waals surface area contributed by atoms with Crippen molar-refractivity contribution in [2.24, 2.45) is 0 Å². The molecule has 3 nitrogen and oxygen atoms in total. The molecular weight excluding hydrogens is 291 g/mol. The fraction of sp³-hybridized carbons (Fsp3) is 0.316. The average Bonchev–Trinajstić information content (AvgIpc) is 2.57. The summed E-state index contributed by atoms with van der Waals surface area (Å²) in [6, 6.07) is 14.9. The van der Waals surface area contributed by atoms with Crippen LogP contribution in [0.4, 0.5) is 4.39 Å². The summed E-state index contributed by atoms with van der Waals surface area (Å²) in [5, 5.41) is 5.08. The number of nitrogens with two attached hydrogens (primary N) is 1. The average molecular weight is 313 g/mol. The summed E-state index contributed by atoms with van der Waals surface area (Å²) in [4.78, 5) is 12.2. The van der Waals surface area contributed by atoms with Crippen LogP contribution in [0.1, 0.15) is 35.6 Å². The van der Waals surface area contributed by atoms with Gasteiger partial charge in [0.05, 0.1) is 6.04 Å². The molecule has 0 unspecified atom stereocenters. The lowest BCUT2D eigenvalue weighted by Crippen LogP contribution is -2.85. The topological polar surface area (TPSA) is 45.7 Å².